The average Bonchev–Trinajstić information content (AvgIpc) is 2.71. The predicted octanol–water partition coefficient (Wildman–Crippen LogP) is 1.22. The second-order valence-electron chi connectivity index (χ2n) is 5.11. The minimum absolute atomic E-state index is 0.0667. The number of nitrogens with one attached hydrogen (secondary N) is 2. The molecule has 1 aromatic heterocycles. The SMILES string of the molecule is CC(C)n1cncc1CNC1CCCCNC1=O. The first-order valence-electron chi connectivity index (χ1n) is 6.70. The van der Waals surface area contributed by atoms with Crippen LogP contribution in [-0.2, 0) is 11.3 Å². The molecule has 0 radical (unpaired) electrons. The van der Waals surface area contributed by atoms with Crippen LogP contribution in [0.25, 0.3) is 0 Å². The molecule has 5 nitrogen and oxygen atoms in total. The molecule has 1 unspecified atom stereocenters. The van der Waals surface area contributed by atoms with Crippen LogP contribution in [0, 0.1) is 0 Å². The lowest BCUT2D eigenvalue weighted by Gasteiger charge is -2.17. The maximum atomic E-state index is 11.8. The first kappa shape index (κ1) is 13.1. The van der Waals surface area contributed by atoms with E-state index in [4.69, 9.17) is 0 Å². The van der Waals surface area contributed by atoms with Gasteiger partial charge in [-0.25, -0.2) is 4.98 Å². The summed E-state index contributed by atoms with van der Waals surface area (Å²) in [5.74, 6) is 0.128. The van der Waals surface area contributed by atoms with Gasteiger partial charge in [0.1, 0.15) is 0 Å². The molecule has 0 saturated carbocycles. The summed E-state index contributed by atoms with van der Waals surface area (Å²) in [4.78, 5) is 16.0. The molecule has 1 amide bonds. The predicted molar refractivity (Wildman–Crippen MR) is 70.1 cm³/mol. The number of aromatic nitrogens is 2. The van der Waals surface area contributed by atoms with Crippen LogP contribution in [0.4, 0.5) is 0 Å². The van der Waals surface area contributed by atoms with E-state index in [2.05, 4.69) is 34.0 Å². The normalized spacial score (nSPS) is 20.8. The molecule has 5 heteroatoms. The van der Waals surface area contributed by atoms with Crippen molar-refractivity contribution in [2.24, 2.45) is 0 Å². The zero-order valence-electron chi connectivity index (χ0n) is 11.1. The van der Waals surface area contributed by atoms with Crippen LogP contribution in [0.3, 0.4) is 0 Å². The number of amides is 1. The van der Waals surface area contributed by atoms with Crippen LogP contribution >= 0.6 is 0 Å². The molecule has 0 aromatic carbocycles. The van der Waals surface area contributed by atoms with Crippen molar-refractivity contribution >= 4 is 5.91 Å². The zero-order valence-corrected chi connectivity index (χ0v) is 11.1. The molecule has 2 rings (SSSR count). The molecule has 1 aliphatic rings. The van der Waals surface area contributed by atoms with Crippen LogP contribution in [0.15, 0.2) is 12.5 Å². The van der Waals surface area contributed by atoms with E-state index in [-0.39, 0.29) is 11.9 Å². The van der Waals surface area contributed by atoms with Gasteiger partial charge >= 0.3 is 0 Å². The van der Waals surface area contributed by atoms with Gasteiger partial charge in [0.15, 0.2) is 0 Å². The second kappa shape index (κ2) is 6.00. The molecule has 1 saturated heterocycles. The number of imidazole rings is 1. The van der Waals surface area contributed by atoms with Crippen LogP contribution in [0.5, 0.6) is 0 Å². The van der Waals surface area contributed by atoms with Crippen molar-refractivity contribution in [3.63, 3.8) is 0 Å². The lowest BCUT2D eigenvalue weighted by molar-refractivity contribution is -0.122. The summed E-state index contributed by atoms with van der Waals surface area (Å²) in [6, 6.07) is 0.329. The van der Waals surface area contributed by atoms with Gasteiger partial charge in [-0.15, -0.1) is 0 Å². The lowest BCUT2D eigenvalue weighted by atomic mass is 10.1. The summed E-state index contributed by atoms with van der Waals surface area (Å²) in [6.07, 6.45) is 6.80. The van der Waals surface area contributed by atoms with E-state index in [1.54, 1.807) is 0 Å². The van der Waals surface area contributed by atoms with E-state index in [0.717, 1.165) is 31.5 Å². The third-order valence-corrected chi connectivity index (χ3v) is 3.37. The minimum Gasteiger partial charge on any atom is -0.355 e. The van der Waals surface area contributed by atoms with Gasteiger partial charge in [0, 0.05) is 25.3 Å². The monoisotopic (exact) mass is 250 g/mol. The van der Waals surface area contributed by atoms with Gasteiger partial charge in [0.05, 0.1) is 18.1 Å². The largest absolute Gasteiger partial charge is 0.355 e. The molecule has 100 valence electrons. The van der Waals surface area contributed by atoms with Crippen molar-refractivity contribution in [3.8, 4) is 0 Å². The quantitative estimate of drug-likeness (QED) is 0.845. The fourth-order valence-corrected chi connectivity index (χ4v) is 2.30. The number of hydrogen-bond acceptors (Lipinski definition) is 3. The lowest BCUT2D eigenvalue weighted by Crippen LogP contribution is -2.42. The van der Waals surface area contributed by atoms with Crippen molar-refractivity contribution in [2.45, 2.75) is 51.7 Å². The Morgan fingerprint density at radius 1 is 1.56 bits per heavy atom. The molecule has 0 aliphatic carbocycles. The van der Waals surface area contributed by atoms with Crippen LogP contribution < -0.4 is 10.6 Å². The van der Waals surface area contributed by atoms with Gasteiger partial charge in [-0.2, -0.15) is 0 Å². The van der Waals surface area contributed by atoms with E-state index in [9.17, 15) is 4.79 Å². The Labute approximate surface area is 108 Å². The van der Waals surface area contributed by atoms with E-state index in [0.29, 0.717) is 12.6 Å². The maximum Gasteiger partial charge on any atom is 0.237 e. The first-order valence-corrected chi connectivity index (χ1v) is 6.70. The minimum atomic E-state index is -0.0667. The van der Waals surface area contributed by atoms with Gasteiger partial charge in [-0.3, -0.25) is 4.79 Å². The number of carbonyl (C=O) groups excluding carboxylic acids is 1. The molecule has 0 bridgehead atoms. The molecule has 2 heterocycles. The Balaban J connectivity index is 1.93. The summed E-state index contributed by atoms with van der Waals surface area (Å²) >= 11 is 0. The number of nitrogens with zero attached hydrogens (tertiary/aromatic N) is 2. The van der Waals surface area contributed by atoms with E-state index >= 15 is 0 Å². The summed E-state index contributed by atoms with van der Waals surface area (Å²) in [5, 5.41) is 6.27. The van der Waals surface area contributed by atoms with Crippen molar-refractivity contribution in [3.05, 3.63) is 18.2 Å². The fourth-order valence-electron chi connectivity index (χ4n) is 2.30. The fraction of sp³-hybridized carbons (Fsp3) is 0.692. The third-order valence-electron chi connectivity index (χ3n) is 3.37. The smallest absolute Gasteiger partial charge is 0.237 e. The summed E-state index contributed by atoms with van der Waals surface area (Å²) < 4.78 is 2.13. The number of hydrogen-bond donors (Lipinski definition) is 2. The maximum absolute atomic E-state index is 11.8. The van der Waals surface area contributed by atoms with Crippen LogP contribution in [0.1, 0.15) is 44.8 Å². The average molecular weight is 250 g/mol. The van der Waals surface area contributed by atoms with Crippen LogP contribution in [0.2, 0.25) is 0 Å². The summed E-state index contributed by atoms with van der Waals surface area (Å²) in [7, 11) is 0. The van der Waals surface area contributed by atoms with E-state index < -0.39 is 0 Å². The highest BCUT2D eigenvalue weighted by atomic mass is 16.2. The van der Waals surface area contributed by atoms with Gasteiger partial charge < -0.3 is 15.2 Å². The summed E-state index contributed by atoms with van der Waals surface area (Å²) in [6.45, 7) is 5.75. The molecule has 1 aromatic rings. The molecular weight excluding hydrogens is 228 g/mol. The van der Waals surface area contributed by atoms with Gasteiger partial charge in [0.25, 0.3) is 0 Å². The topological polar surface area (TPSA) is 59.0 Å². The molecule has 1 atom stereocenters. The van der Waals surface area contributed by atoms with Crippen molar-refractivity contribution in [1.82, 2.24) is 20.2 Å². The van der Waals surface area contributed by atoms with Gasteiger partial charge in [-0.05, 0) is 33.1 Å². The standard InChI is InChI=1S/C13H22N4O/c1-10(2)17-9-14-7-11(17)8-16-12-5-3-4-6-15-13(12)18/h7,9-10,12,16H,3-6,8H2,1-2H3,(H,15,18). The van der Waals surface area contributed by atoms with E-state index in [1.165, 1.54) is 0 Å². The Morgan fingerprint density at radius 3 is 3.17 bits per heavy atom. The molecule has 2 N–H and O–H groups in total. The highest BCUT2D eigenvalue weighted by Gasteiger charge is 2.20. The number of rotatable bonds is 4. The van der Waals surface area contributed by atoms with Crippen molar-refractivity contribution < 1.29 is 4.79 Å². The highest BCUT2D eigenvalue weighted by molar-refractivity contribution is 5.81. The van der Waals surface area contributed by atoms with Crippen LogP contribution in [-0.4, -0.2) is 28.0 Å². The number of carbonyl (C=O) groups is 1. The second-order valence-corrected chi connectivity index (χ2v) is 5.11. The first-order chi connectivity index (χ1) is 8.68. The summed E-state index contributed by atoms with van der Waals surface area (Å²) in [5.41, 5.74) is 1.13. The highest BCUT2D eigenvalue weighted by Crippen LogP contribution is 2.10. The Hall–Kier alpha value is -1.36. The molecule has 1 aliphatic heterocycles. The van der Waals surface area contributed by atoms with Gasteiger partial charge in [0.2, 0.25) is 5.91 Å². The molecule has 18 heavy (non-hydrogen) atoms. The third kappa shape index (κ3) is 3.10. The Morgan fingerprint density at radius 2 is 2.39 bits per heavy atom. The van der Waals surface area contributed by atoms with Crippen molar-refractivity contribution in [1.29, 1.82) is 0 Å². The molecule has 1 fully saturated rings. The molecular formula is C13H22N4O. The molecule has 0 spiro atoms. The Kier molecular flexibility index (Phi) is 4.36. The Bertz CT molecular complexity index is 399. The van der Waals surface area contributed by atoms with Crippen molar-refractivity contribution in [2.75, 3.05) is 6.54 Å². The zero-order chi connectivity index (χ0) is 13.0. The van der Waals surface area contributed by atoms with Gasteiger partial charge in [-0.1, -0.05) is 0 Å². The van der Waals surface area contributed by atoms with E-state index in [1.807, 2.05) is 12.5 Å².